The molecule has 0 atom stereocenters. The summed E-state index contributed by atoms with van der Waals surface area (Å²) in [6.45, 7) is 4.11. The van der Waals surface area contributed by atoms with Gasteiger partial charge in [0.25, 0.3) is 0 Å². The van der Waals surface area contributed by atoms with Crippen LogP contribution in [-0.4, -0.2) is 0 Å². The fraction of sp³-hybridized carbons (Fsp3) is 0.250. The first-order chi connectivity index (χ1) is 4.74. The summed E-state index contributed by atoms with van der Waals surface area (Å²) in [6.07, 6.45) is 0. The van der Waals surface area contributed by atoms with Gasteiger partial charge in [-0.25, -0.2) is 0 Å². The molecular formula is C8H9AtO. The molecule has 0 saturated heterocycles. The van der Waals surface area contributed by atoms with Gasteiger partial charge in [-0.2, -0.15) is 0 Å². The first-order valence-corrected chi connectivity index (χ1v) is 4.30. The standard InChI is InChI=1S/C8H9AtO/c1-6-3-4-7(2)8(5-6)10-9/h3-5H,1-2H3. The Labute approximate surface area is 76.9 Å². The Morgan fingerprint density at radius 1 is 1.30 bits per heavy atom. The van der Waals surface area contributed by atoms with Crippen LogP contribution < -0.4 is 2.81 Å². The van der Waals surface area contributed by atoms with E-state index >= 15 is 0 Å². The normalized spacial score (nSPS) is 9.50. The minimum absolute atomic E-state index is 0.997. The van der Waals surface area contributed by atoms with Gasteiger partial charge in [-0.1, -0.05) is 0 Å². The van der Waals surface area contributed by atoms with Crippen LogP contribution >= 0.6 is 0 Å². The van der Waals surface area contributed by atoms with Gasteiger partial charge in [0, 0.05) is 0 Å². The van der Waals surface area contributed by atoms with Crippen LogP contribution in [0.5, 0.6) is 5.75 Å². The molecule has 0 saturated carbocycles. The summed E-state index contributed by atoms with van der Waals surface area (Å²) in [5.41, 5.74) is 2.45. The Morgan fingerprint density at radius 3 is 2.50 bits per heavy atom. The molecule has 0 radical (unpaired) electrons. The summed E-state index contributed by atoms with van der Waals surface area (Å²) in [5.74, 6) is 0.997. The van der Waals surface area contributed by atoms with Crippen LogP contribution in [-0.2, 0) is 0 Å². The number of benzene rings is 1. The van der Waals surface area contributed by atoms with Gasteiger partial charge in [0.2, 0.25) is 0 Å². The Bertz CT molecular complexity index is 233. The van der Waals surface area contributed by atoms with Crippen LogP contribution in [0.4, 0.5) is 0 Å². The maximum absolute atomic E-state index is 5.18. The topological polar surface area (TPSA) is 9.23 Å². The van der Waals surface area contributed by atoms with Gasteiger partial charge in [-0.15, -0.1) is 0 Å². The van der Waals surface area contributed by atoms with Crippen LogP contribution in [0.15, 0.2) is 18.2 Å². The molecule has 0 aliphatic heterocycles. The average Bonchev–Trinajstić information content (AvgIpc) is 1.94. The molecule has 0 heterocycles. The minimum atomic E-state index is 0.997. The number of rotatable bonds is 1. The summed E-state index contributed by atoms with van der Waals surface area (Å²) >= 11 is 1.33. The molecule has 0 fully saturated rings. The van der Waals surface area contributed by atoms with Gasteiger partial charge >= 0.3 is 76.9 Å². The van der Waals surface area contributed by atoms with Gasteiger partial charge in [0.05, 0.1) is 0 Å². The van der Waals surface area contributed by atoms with Crippen LogP contribution in [0.25, 0.3) is 0 Å². The van der Waals surface area contributed by atoms with E-state index in [2.05, 4.69) is 25.1 Å². The van der Waals surface area contributed by atoms with Crippen LogP contribution in [0.2, 0.25) is 0 Å². The fourth-order valence-corrected chi connectivity index (χ4v) is 1.44. The zero-order chi connectivity index (χ0) is 7.56. The summed E-state index contributed by atoms with van der Waals surface area (Å²) in [7, 11) is 0. The third-order valence-electron chi connectivity index (χ3n) is 1.43. The average molecular weight is 331 g/mol. The molecule has 0 N–H and O–H groups in total. The Morgan fingerprint density at radius 2 is 2.00 bits per heavy atom. The fourth-order valence-electron chi connectivity index (χ4n) is 0.790. The van der Waals surface area contributed by atoms with Crippen LogP contribution in [0, 0.1) is 39.0 Å². The number of hydrogen-bond donors (Lipinski definition) is 0. The predicted octanol–water partition coefficient (Wildman–Crippen LogP) is 2.15. The SMILES string of the molecule is Cc1ccc(C)c(O[At])c1. The molecular weight excluding hydrogens is 322 g/mol. The first-order valence-electron chi connectivity index (χ1n) is 3.10. The van der Waals surface area contributed by atoms with Gasteiger partial charge < -0.3 is 0 Å². The molecule has 1 aromatic carbocycles. The van der Waals surface area contributed by atoms with E-state index in [4.69, 9.17) is 2.81 Å². The third kappa shape index (κ3) is 1.70. The summed E-state index contributed by atoms with van der Waals surface area (Å²) in [4.78, 5) is 0. The van der Waals surface area contributed by atoms with E-state index in [-0.39, 0.29) is 0 Å². The van der Waals surface area contributed by atoms with Crippen LogP contribution in [0.1, 0.15) is 11.1 Å². The van der Waals surface area contributed by atoms with Gasteiger partial charge in [0.1, 0.15) is 0 Å². The molecule has 54 valence electrons. The molecule has 2 heteroatoms. The number of aryl methyl sites for hydroxylation is 2. The zero-order valence-corrected chi connectivity index (χ0v) is 8.96. The van der Waals surface area contributed by atoms with E-state index in [1.54, 1.807) is 0 Å². The van der Waals surface area contributed by atoms with E-state index in [1.165, 1.54) is 36.3 Å². The molecule has 0 spiro atoms. The Hall–Kier alpha value is -0.0969. The number of hydrogen-bond acceptors (Lipinski definition) is 1. The first kappa shape index (κ1) is 8.00. The maximum atomic E-state index is 5.18. The van der Waals surface area contributed by atoms with Crippen molar-refractivity contribution in [2.24, 2.45) is 0 Å². The van der Waals surface area contributed by atoms with Crippen molar-refractivity contribution in [2.75, 3.05) is 0 Å². The van der Waals surface area contributed by atoms with Gasteiger partial charge in [0.15, 0.2) is 0 Å². The molecule has 1 aromatic rings. The molecule has 0 aliphatic rings. The van der Waals surface area contributed by atoms with Crippen molar-refractivity contribution in [2.45, 2.75) is 13.8 Å². The molecule has 0 unspecified atom stereocenters. The summed E-state index contributed by atoms with van der Waals surface area (Å²) < 4.78 is 5.18. The van der Waals surface area contributed by atoms with E-state index in [0.717, 1.165) is 5.75 Å². The Kier molecular flexibility index (Phi) is 2.67. The van der Waals surface area contributed by atoms with Crippen molar-refractivity contribution < 1.29 is 28.0 Å². The second-order valence-corrected chi connectivity index (χ2v) is 2.95. The van der Waals surface area contributed by atoms with Crippen LogP contribution in [0.3, 0.4) is 0 Å². The van der Waals surface area contributed by atoms with Crippen molar-refractivity contribution in [3.63, 3.8) is 0 Å². The molecule has 0 bridgehead atoms. The predicted molar refractivity (Wildman–Crippen MR) is 36.5 cm³/mol. The van der Waals surface area contributed by atoms with Crippen molar-refractivity contribution in [1.82, 2.24) is 0 Å². The molecule has 1 rings (SSSR count). The van der Waals surface area contributed by atoms with E-state index < -0.39 is 0 Å². The second kappa shape index (κ2) is 3.34. The van der Waals surface area contributed by atoms with Crippen molar-refractivity contribution in [3.05, 3.63) is 29.3 Å². The van der Waals surface area contributed by atoms with E-state index in [9.17, 15) is 0 Å². The van der Waals surface area contributed by atoms with Gasteiger partial charge in [-0.3, -0.25) is 0 Å². The molecule has 10 heavy (non-hydrogen) atoms. The Balaban J connectivity index is 3.09. The third-order valence-corrected chi connectivity index (χ3v) is 2.07. The van der Waals surface area contributed by atoms with Gasteiger partial charge in [-0.05, 0) is 0 Å². The molecule has 1 nitrogen and oxygen atoms in total. The van der Waals surface area contributed by atoms with Crippen molar-refractivity contribution in [1.29, 1.82) is 0 Å². The van der Waals surface area contributed by atoms with Crippen molar-refractivity contribution >= 4 is 0 Å². The quantitative estimate of drug-likeness (QED) is 0.766. The van der Waals surface area contributed by atoms with E-state index in [0.29, 0.717) is 0 Å². The molecule has 0 aliphatic carbocycles. The molecule has 0 amide bonds. The summed E-state index contributed by atoms with van der Waals surface area (Å²) in [5, 5.41) is 0. The van der Waals surface area contributed by atoms with E-state index in [1.807, 2.05) is 6.92 Å². The van der Waals surface area contributed by atoms with Crippen molar-refractivity contribution in [3.8, 4) is 5.75 Å². The molecule has 0 aromatic heterocycles. The summed E-state index contributed by atoms with van der Waals surface area (Å²) in [6, 6.07) is 6.21. The monoisotopic (exact) mass is 331 g/mol. The second-order valence-electron chi connectivity index (χ2n) is 2.35. The zero-order valence-electron chi connectivity index (χ0n) is 6.02.